The van der Waals surface area contributed by atoms with E-state index in [9.17, 15) is 0 Å². The number of aromatic nitrogens is 1. The van der Waals surface area contributed by atoms with Gasteiger partial charge in [0.15, 0.2) is 5.51 Å². The Labute approximate surface area is 102 Å². The predicted octanol–water partition coefficient (Wildman–Crippen LogP) is 4.26. The van der Waals surface area contributed by atoms with Gasteiger partial charge in [-0.2, -0.15) is 4.98 Å². The Morgan fingerprint density at radius 1 is 1.21 bits per heavy atom. The van der Waals surface area contributed by atoms with E-state index in [1.807, 2.05) is 18.2 Å². The molecule has 0 N–H and O–H groups in total. The van der Waals surface area contributed by atoms with Gasteiger partial charge in [0, 0.05) is 8.95 Å². The molecule has 0 amide bonds. The van der Waals surface area contributed by atoms with Crippen molar-refractivity contribution in [2.24, 2.45) is 0 Å². The SMILES string of the molecule is Brc1cc(Br)cc(Oc2cs[c]n2)c1. The van der Waals surface area contributed by atoms with Gasteiger partial charge < -0.3 is 4.74 Å². The zero-order valence-electron chi connectivity index (χ0n) is 6.83. The van der Waals surface area contributed by atoms with Gasteiger partial charge >= 0.3 is 0 Å². The first-order chi connectivity index (χ1) is 6.74. The fourth-order valence-corrected chi connectivity index (χ4v) is 2.58. The van der Waals surface area contributed by atoms with E-state index >= 15 is 0 Å². The maximum Gasteiger partial charge on any atom is 0.230 e. The first kappa shape index (κ1) is 10.1. The van der Waals surface area contributed by atoms with E-state index < -0.39 is 0 Å². The minimum atomic E-state index is 0.569. The first-order valence-electron chi connectivity index (χ1n) is 3.69. The van der Waals surface area contributed by atoms with Gasteiger partial charge in [-0.15, -0.1) is 11.3 Å². The van der Waals surface area contributed by atoms with Crippen molar-refractivity contribution in [1.82, 2.24) is 4.98 Å². The smallest absolute Gasteiger partial charge is 0.230 e. The molecule has 2 aromatic rings. The summed E-state index contributed by atoms with van der Waals surface area (Å²) in [6.07, 6.45) is 0. The van der Waals surface area contributed by atoms with Crippen LogP contribution >= 0.6 is 43.2 Å². The van der Waals surface area contributed by atoms with Crippen LogP contribution in [0.4, 0.5) is 0 Å². The lowest BCUT2D eigenvalue weighted by Crippen LogP contribution is -1.83. The van der Waals surface area contributed by atoms with Crippen LogP contribution in [0.25, 0.3) is 0 Å². The van der Waals surface area contributed by atoms with E-state index in [1.54, 1.807) is 5.38 Å². The van der Waals surface area contributed by atoms with Crippen molar-refractivity contribution in [3.63, 3.8) is 0 Å². The highest BCUT2D eigenvalue weighted by Crippen LogP contribution is 2.28. The molecule has 0 aliphatic heterocycles. The molecule has 0 bridgehead atoms. The fraction of sp³-hybridized carbons (Fsp3) is 0. The number of ether oxygens (including phenoxy) is 1. The van der Waals surface area contributed by atoms with Gasteiger partial charge in [0.25, 0.3) is 0 Å². The van der Waals surface area contributed by atoms with E-state index in [-0.39, 0.29) is 0 Å². The highest BCUT2D eigenvalue weighted by molar-refractivity contribution is 9.11. The number of hydrogen-bond donors (Lipinski definition) is 0. The molecule has 0 atom stereocenters. The molecule has 0 saturated carbocycles. The molecule has 0 aliphatic carbocycles. The van der Waals surface area contributed by atoms with Gasteiger partial charge in [-0.25, -0.2) is 0 Å². The van der Waals surface area contributed by atoms with Crippen molar-refractivity contribution >= 4 is 43.2 Å². The molecular weight excluding hydrogens is 330 g/mol. The molecule has 1 aromatic carbocycles. The summed E-state index contributed by atoms with van der Waals surface area (Å²) in [4.78, 5) is 3.91. The monoisotopic (exact) mass is 332 g/mol. The molecule has 71 valence electrons. The maximum absolute atomic E-state index is 5.49. The minimum absolute atomic E-state index is 0.569. The van der Waals surface area contributed by atoms with Crippen LogP contribution in [0, 0.1) is 5.51 Å². The average molecular weight is 334 g/mol. The van der Waals surface area contributed by atoms with E-state index in [2.05, 4.69) is 42.4 Å². The molecule has 2 nitrogen and oxygen atoms in total. The van der Waals surface area contributed by atoms with Crippen molar-refractivity contribution in [3.05, 3.63) is 38.0 Å². The summed E-state index contributed by atoms with van der Waals surface area (Å²) in [7, 11) is 0. The largest absolute Gasteiger partial charge is 0.438 e. The van der Waals surface area contributed by atoms with E-state index in [1.165, 1.54) is 11.3 Å². The third-order valence-corrected chi connectivity index (χ3v) is 2.86. The molecule has 14 heavy (non-hydrogen) atoms. The third-order valence-electron chi connectivity index (χ3n) is 1.43. The van der Waals surface area contributed by atoms with Crippen LogP contribution in [-0.2, 0) is 0 Å². The van der Waals surface area contributed by atoms with Gasteiger partial charge in [-0.1, -0.05) is 31.9 Å². The summed E-state index contributed by atoms with van der Waals surface area (Å²) in [6, 6.07) is 5.70. The van der Waals surface area contributed by atoms with E-state index in [0.29, 0.717) is 5.88 Å². The normalized spacial score (nSPS) is 10.1. The van der Waals surface area contributed by atoms with Crippen LogP contribution in [0.3, 0.4) is 0 Å². The number of halogens is 2. The second-order valence-corrected chi connectivity index (χ2v) is 4.97. The van der Waals surface area contributed by atoms with Gasteiger partial charge in [0.2, 0.25) is 5.88 Å². The van der Waals surface area contributed by atoms with Crippen LogP contribution in [-0.4, -0.2) is 4.98 Å². The zero-order valence-corrected chi connectivity index (χ0v) is 10.8. The van der Waals surface area contributed by atoms with Gasteiger partial charge in [0.05, 0.1) is 5.38 Å². The Morgan fingerprint density at radius 2 is 1.93 bits per heavy atom. The summed E-state index contributed by atoms with van der Waals surface area (Å²) < 4.78 is 7.41. The Hall–Kier alpha value is -0.390. The Kier molecular flexibility index (Phi) is 3.20. The van der Waals surface area contributed by atoms with Crippen LogP contribution in [0.15, 0.2) is 32.5 Å². The Bertz CT molecular complexity index is 410. The molecule has 0 saturated heterocycles. The number of rotatable bonds is 2. The van der Waals surface area contributed by atoms with Gasteiger partial charge in [0.1, 0.15) is 5.75 Å². The molecule has 0 unspecified atom stereocenters. The van der Waals surface area contributed by atoms with Crippen molar-refractivity contribution in [2.75, 3.05) is 0 Å². The standard InChI is InChI=1S/C9H4Br2NOS/c10-6-1-7(11)3-8(2-6)13-9-4-14-5-12-9/h1-4H. The number of hydrogen-bond acceptors (Lipinski definition) is 3. The summed E-state index contributed by atoms with van der Waals surface area (Å²) in [5.74, 6) is 1.31. The highest BCUT2D eigenvalue weighted by atomic mass is 79.9. The molecule has 2 rings (SSSR count). The van der Waals surface area contributed by atoms with Crippen molar-refractivity contribution in [3.8, 4) is 11.6 Å². The number of nitrogens with zero attached hydrogens (tertiary/aromatic N) is 1. The lowest BCUT2D eigenvalue weighted by atomic mass is 10.3. The molecule has 0 spiro atoms. The molecule has 5 heteroatoms. The Balaban J connectivity index is 2.25. The van der Waals surface area contributed by atoms with Crippen LogP contribution in [0.2, 0.25) is 0 Å². The molecule has 1 radical (unpaired) electrons. The summed E-state index contributed by atoms with van der Waals surface area (Å²) >= 11 is 8.15. The first-order valence-corrected chi connectivity index (χ1v) is 6.16. The third kappa shape index (κ3) is 2.56. The van der Waals surface area contributed by atoms with E-state index in [4.69, 9.17) is 4.74 Å². The van der Waals surface area contributed by atoms with Gasteiger partial charge in [-0.3, -0.25) is 0 Å². The molecular formula is C9H4Br2NOS. The van der Waals surface area contributed by atoms with Crippen molar-refractivity contribution in [1.29, 1.82) is 0 Å². The summed E-state index contributed by atoms with van der Waals surface area (Å²) in [5, 5.41) is 1.80. The number of thiazole rings is 1. The fourth-order valence-electron chi connectivity index (χ4n) is 0.930. The minimum Gasteiger partial charge on any atom is -0.438 e. The second-order valence-electron chi connectivity index (χ2n) is 2.48. The topological polar surface area (TPSA) is 22.1 Å². The lowest BCUT2D eigenvalue weighted by Gasteiger charge is -2.02. The maximum atomic E-state index is 5.49. The molecule has 0 fully saturated rings. The molecule has 1 aromatic heterocycles. The number of benzene rings is 1. The Morgan fingerprint density at radius 3 is 2.50 bits per heavy atom. The van der Waals surface area contributed by atoms with E-state index in [0.717, 1.165) is 14.7 Å². The molecule has 0 aliphatic rings. The lowest BCUT2D eigenvalue weighted by molar-refractivity contribution is 0.465. The highest BCUT2D eigenvalue weighted by Gasteiger charge is 2.01. The quantitative estimate of drug-likeness (QED) is 0.819. The predicted molar refractivity (Wildman–Crippen MR) is 62.9 cm³/mol. The summed E-state index contributed by atoms with van der Waals surface area (Å²) in [6.45, 7) is 0. The van der Waals surface area contributed by atoms with Crippen molar-refractivity contribution < 1.29 is 4.74 Å². The van der Waals surface area contributed by atoms with Crippen LogP contribution in [0.1, 0.15) is 0 Å². The van der Waals surface area contributed by atoms with Crippen LogP contribution < -0.4 is 4.74 Å². The molecule has 1 heterocycles. The summed E-state index contributed by atoms with van der Waals surface area (Å²) in [5.41, 5.74) is 2.72. The zero-order chi connectivity index (χ0) is 9.97. The second kappa shape index (κ2) is 4.42. The van der Waals surface area contributed by atoms with Gasteiger partial charge in [-0.05, 0) is 18.2 Å². The van der Waals surface area contributed by atoms with Crippen molar-refractivity contribution in [2.45, 2.75) is 0 Å². The van der Waals surface area contributed by atoms with Crippen LogP contribution in [0.5, 0.6) is 11.6 Å². The average Bonchev–Trinajstić information content (AvgIpc) is 2.54.